The van der Waals surface area contributed by atoms with E-state index in [1.807, 2.05) is 13.8 Å². The van der Waals surface area contributed by atoms with Gasteiger partial charge in [0, 0.05) is 6.20 Å². The van der Waals surface area contributed by atoms with Crippen molar-refractivity contribution < 1.29 is 14.3 Å². The molecular weight excluding hydrogens is 211 g/mol. The van der Waals surface area contributed by atoms with Crippen molar-refractivity contribution in [3.05, 3.63) is 35.5 Å². The lowest BCUT2D eigenvalue weighted by atomic mass is 10.1. The summed E-state index contributed by atoms with van der Waals surface area (Å²) in [5.41, 5.74) is 0.491. The summed E-state index contributed by atoms with van der Waals surface area (Å²) in [5, 5.41) is 9.11. The van der Waals surface area contributed by atoms with E-state index >= 15 is 0 Å². The fraction of sp³-hybridized carbons (Fsp3) is 0.273. The second-order valence-corrected chi connectivity index (χ2v) is 3.86. The minimum atomic E-state index is -1.10. The fourth-order valence-corrected chi connectivity index (χ4v) is 1.67. The Bertz CT molecular complexity index is 560. The summed E-state index contributed by atoms with van der Waals surface area (Å²) < 4.78 is 14.7. The van der Waals surface area contributed by atoms with Crippen LogP contribution < -0.4 is 0 Å². The highest BCUT2D eigenvalue weighted by Crippen LogP contribution is 2.21. The average Bonchev–Trinajstić information content (AvgIpc) is 2.58. The van der Waals surface area contributed by atoms with Gasteiger partial charge in [-0.2, -0.15) is 0 Å². The highest BCUT2D eigenvalue weighted by atomic mass is 19.1. The molecule has 0 radical (unpaired) electrons. The largest absolute Gasteiger partial charge is 0.477 e. The van der Waals surface area contributed by atoms with Crippen LogP contribution in [-0.2, 0) is 0 Å². The summed E-state index contributed by atoms with van der Waals surface area (Å²) in [6.07, 6.45) is 1.50. The van der Waals surface area contributed by atoms with Crippen LogP contribution in [0, 0.1) is 5.82 Å². The molecule has 4 nitrogen and oxygen atoms in total. The zero-order valence-electron chi connectivity index (χ0n) is 8.94. The molecule has 1 N–H and O–H groups in total. The molecule has 0 aliphatic heterocycles. The van der Waals surface area contributed by atoms with Crippen molar-refractivity contribution in [3.63, 3.8) is 0 Å². The number of carboxylic acids is 1. The number of carbonyl (C=O) groups is 1. The van der Waals surface area contributed by atoms with Crippen LogP contribution in [0.4, 0.5) is 4.39 Å². The first kappa shape index (κ1) is 10.6. The number of nitrogens with zero attached hydrogens (tertiary/aromatic N) is 2. The van der Waals surface area contributed by atoms with Crippen molar-refractivity contribution in [1.29, 1.82) is 0 Å². The number of carboxylic acid groups (broad SMARTS) is 1. The second-order valence-electron chi connectivity index (χ2n) is 3.86. The average molecular weight is 222 g/mol. The lowest BCUT2D eigenvalue weighted by molar-refractivity contribution is 0.0687. The van der Waals surface area contributed by atoms with E-state index in [4.69, 9.17) is 5.11 Å². The van der Waals surface area contributed by atoms with Crippen molar-refractivity contribution in [3.8, 4) is 0 Å². The van der Waals surface area contributed by atoms with E-state index in [9.17, 15) is 9.18 Å². The molecule has 2 aromatic rings. The third-order valence-corrected chi connectivity index (χ3v) is 2.38. The topological polar surface area (TPSA) is 54.6 Å². The predicted molar refractivity (Wildman–Crippen MR) is 56.2 cm³/mol. The lowest BCUT2D eigenvalue weighted by Gasteiger charge is -2.01. The van der Waals surface area contributed by atoms with E-state index in [1.54, 1.807) is 0 Å². The van der Waals surface area contributed by atoms with Crippen LogP contribution in [0.15, 0.2) is 18.3 Å². The number of fused-ring (bicyclic) bond motifs is 1. The Kier molecular flexibility index (Phi) is 2.38. The second kappa shape index (κ2) is 3.59. The number of hydrogen-bond acceptors (Lipinski definition) is 2. The summed E-state index contributed by atoms with van der Waals surface area (Å²) >= 11 is 0. The Morgan fingerprint density at radius 3 is 2.81 bits per heavy atom. The third kappa shape index (κ3) is 1.44. The molecule has 0 saturated heterocycles. The molecule has 0 unspecified atom stereocenters. The Balaban J connectivity index is 2.86. The Labute approximate surface area is 91.4 Å². The quantitative estimate of drug-likeness (QED) is 0.848. The first-order valence-electron chi connectivity index (χ1n) is 4.92. The number of pyridine rings is 1. The van der Waals surface area contributed by atoms with E-state index in [0.717, 1.165) is 0 Å². The van der Waals surface area contributed by atoms with Gasteiger partial charge in [-0.1, -0.05) is 13.8 Å². The van der Waals surface area contributed by atoms with E-state index in [0.29, 0.717) is 5.69 Å². The van der Waals surface area contributed by atoms with Gasteiger partial charge in [0.2, 0.25) is 0 Å². The van der Waals surface area contributed by atoms with Crippen molar-refractivity contribution >= 4 is 11.6 Å². The molecule has 16 heavy (non-hydrogen) atoms. The monoisotopic (exact) mass is 222 g/mol. The van der Waals surface area contributed by atoms with E-state index in [1.165, 1.54) is 22.7 Å². The molecule has 2 rings (SSSR count). The van der Waals surface area contributed by atoms with Gasteiger partial charge in [-0.3, -0.25) is 4.40 Å². The summed E-state index contributed by atoms with van der Waals surface area (Å²) in [6, 6.07) is 2.72. The van der Waals surface area contributed by atoms with E-state index < -0.39 is 11.8 Å². The van der Waals surface area contributed by atoms with Gasteiger partial charge in [0.1, 0.15) is 0 Å². The summed E-state index contributed by atoms with van der Waals surface area (Å²) in [5.74, 6) is -1.68. The van der Waals surface area contributed by atoms with Crippen LogP contribution in [0.3, 0.4) is 0 Å². The maximum atomic E-state index is 13.4. The Morgan fingerprint density at radius 2 is 2.25 bits per heavy atom. The number of rotatable bonds is 2. The van der Waals surface area contributed by atoms with Gasteiger partial charge in [-0.15, -0.1) is 0 Å². The minimum Gasteiger partial charge on any atom is -0.477 e. The molecule has 0 aromatic carbocycles. The van der Waals surface area contributed by atoms with Gasteiger partial charge >= 0.3 is 5.97 Å². The number of aromatic carboxylic acids is 1. The Hall–Kier alpha value is -1.91. The molecule has 0 spiro atoms. The zero-order chi connectivity index (χ0) is 11.9. The first-order chi connectivity index (χ1) is 7.52. The zero-order valence-corrected chi connectivity index (χ0v) is 8.94. The number of hydrogen-bond donors (Lipinski definition) is 1. The highest BCUT2D eigenvalue weighted by Gasteiger charge is 2.21. The summed E-state index contributed by atoms with van der Waals surface area (Å²) in [4.78, 5) is 15.2. The molecule has 0 amide bonds. The highest BCUT2D eigenvalue weighted by molar-refractivity contribution is 5.88. The normalized spacial score (nSPS) is 11.2. The van der Waals surface area contributed by atoms with Gasteiger partial charge in [0.05, 0.1) is 5.69 Å². The summed E-state index contributed by atoms with van der Waals surface area (Å²) in [6.45, 7) is 3.65. The van der Waals surface area contributed by atoms with Gasteiger partial charge in [0.15, 0.2) is 17.2 Å². The third-order valence-electron chi connectivity index (χ3n) is 2.38. The maximum Gasteiger partial charge on any atom is 0.354 e. The van der Waals surface area contributed by atoms with Crippen LogP contribution in [-0.4, -0.2) is 20.5 Å². The molecular formula is C11H11FN2O2. The SMILES string of the molecule is CC(C)c1nc2c(F)cccn2c1C(=O)O. The predicted octanol–water partition coefficient (Wildman–Crippen LogP) is 2.29. The molecule has 84 valence electrons. The number of halogens is 1. The van der Waals surface area contributed by atoms with Crippen molar-refractivity contribution in [2.75, 3.05) is 0 Å². The van der Waals surface area contributed by atoms with Crippen LogP contribution >= 0.6 is 0 Å². The molecule has 0 bridgehead atoms. The first-order valence-corrected chi connectivity index (χ1v) is 4.92. The number of imidazole rings is 1. The molecule has 0 saturated carbocycles. The van der Waals surface area contributed by atoms with Crippen molar-refractivity contribution in [1.82, 2.24) is 9.38 Å². The van der Waals surface area contributed by atoms with Crippen LogP contribution in [0.5, 0.6) is 0 Å². The molecule has 5 heteroatoms. The molecule has 2 heterocycles. The molecule has 0 atom stereocenters. The van der Waals surface area contributed by atoms with Crippen molar-refractivity contribution in [2.45, 2.75) is 19.8 Å². The van der Waals surface area contributed by atoms with Crippen LogP contribution in [0.1, 0.15) is 35.9 Å². The van der Waals surface area contributed by atoms with E-state index in [2.05, 4.69) is 4.98 Å². The van der Waals surface area contributed by atoms with Crippen LogP contribution in [0.2, 0.25) is 0 Å². The molecule has 0 fully saturated rings. The summed E-state index contributed by atoms with van der Waals surface area (Å²) in [7, 11) is 0. The minimum absolute atomic E-state index is 0.0319. The van der Waals surface area contributed by atoms with Gasteiger partial charge in [-0.25, -0.2) is 14.2 Å². The van der Waals surface area contributed by atoms with Crippen molar-refractivity contribution in [2.24, 2.45) is 0 Å². The van der Waals surface area contributed by atoms with Gasteiger partial charge in [-0.05, 0) is 18.1 Å². The standard InChI is InChI=1S/C11H11FN2O2/c1-6(2)8-9(11(15)16)14-5-3-4-7(12)10(14)13-8/h3-6H,1-2H3,(H,15,16). The molecule has 0 aliphatic rings. The molecule has 2 aromatic heterocycles. The Morgan fingerprint density at radius 1 is 1.56 bits per heavy atom. The number of aromatic nitrogens is 2. The van der Waals surface area contributed by atoms with E-state index in [-0.39, 0.29) is 17.3 Å². The fourth-order valence-electron chi connectivity index (χ4n) is 1.67. The molecule has 0 aliphatic carbocycles. The van der Waals surface area contributed by atoms with Gasteiger partial charge < -0.3 is 5.11 Å². The van der Waals surface area contributed by atoms with Gasteiger partial charge in [0.25, 0.3) is 0 Å². The van der Waals surface area contributed by atoms with Crippen LogP contribution in [0.25, 0.3) is 5.65 Å². The maximum absolute atomic E-state index is 13.4. The lowest BCUT2D eigenvalue weighted by Crippen LogP contribution is -2.06. The smallest absolute Gasteiger partial charge is 0.354 e.